The number of nitrogens with zero attached hydrogens (tertiary/aromatic N) is 1. The summed E-state index contributed by atoms with van der Waals surface area (Å²) in [5, 5.41) is 4.41. The van der Waals surface area contributed by atoms with E-state index in [4.69, 9.17) is 21.3 Å². The van der Waals surface area contributed by atoms with E-state index in [1.807, 2.05) is 50.2 Å². The first-order valence-electron chi connectivity index (χ1n) is 9.58. The van der Waals surface area contributed by atoms with E-state index in [0.717, 1.165) is 39.0 Å². The predicted molar refractivity (Wildman–Crippen MR) is 123 cm³/mol. The number of hydrogen-bond acceptors (Lipinski definition) is 3. The number of methoxy groups -OCH3 is 1. The molecule has 4 aromatic rings. The molecule has 1 heterocycles. The summed E-state index contributed by atoms with van der Waals surface area (Å²) < 4.78 is 5.35. The molecule has 0 bridgehead atoms. The molecule has 0 fully saturated rings. The molecule has 4 nitrogen and oxygen atoms in total. The number of hydrogen-bond donors (Lipinski definition) is 1. The number of pyridine rings is 1. The summed E-state index contributed by atoms with van der Waals surface area (Å²) in [6.45, 7) is 4.03. The molecule has 0 radical (unpaired) electrons. The van der Waals surface area contributed by atoms with Crippen LogP contribution in [-0.2, 0) is 0 Å². The summed E-state index contributed by atoms with van der Waals surface area (Å²) in [5.41, 5.74) is 5.77. The first kappa shape index (κ1) is 19.9. The molecule has 0 spiro atoms. The van der Waals surface area contributed by atoms with Crippen LogP contribution < -0.4 is 10.1 Å². The SMILES string of the molecule is COc1cccc(-c2cc(C(=O)Nc3ccc(Cl)cc3)c3cc(C)cc(C)c3n2)c1. The number of aryl methyl sites for hydroxylation is 2. The Morgan fingerprint density at radius 2 is 1.77 bits per heavy atom. The molecule has 1 N–H and O–H groups in total. The summed E-state index contributed by atoms with van der Waals surface area (Å²) in [6, 6.07) is 20.6. The second kappa shape index (κ2) is 8.17. The normalized spacial score (nSPS) is 10.8. The van der Waals surface area contributed by atoms with E-state index in [9.17, 15) is 4.79 Å². The van der Waals surface area contributed by atoms with Gasteiger partial charge in [-0.1, -0.05) is 35.4 Å². The Bertz CT molecular complexity index is 1250. The lowest BCUT2D eigenvalue weighted by Gasteiger charge is -2.13. The number of aromatic nitrogens is 1. The zero-order chi connectivity index (χ0) is 21.3. The molecule has 0 saturated heterocycles. The highest BCUT2D eigenvalue weighted by Crippen LogP contribution is 2.30. The largest absolute Gasteiger partial charge is 0.497 e. The van der Waals surface area contributed by atoms with Gasteiger partial charge < -0.3 is 10.1 Å². The van der Waals surface area contributed by atoms with Gasteiger partial charge in [0.2, 0.25) is 0 Å². The van der Waals surface area contributed by atoms with Gasteiger partial charge in [0, 0.05) is 21.7 Å². The molecule has 4 rings (SSSR count). The van der Waals surface area contributed by atoms with Gasteiger partial charge in [-0.3, -0.25) is 4.79 Å². The van der Waals surface area contributed by atoms with Crippen LogP contribution in [0.15, 0.2) is 66.7 Å². The fraction of sp³-hybridized carbons (Fsp3) is 0.120. The van der Waals surface area contributed by atoms with Crippen LogP contribution >= 0.6 is 11.6 Å². The molecule has 1 aromatic heterocycles. The van der Waals surface area contributed by atoms with E-state index in [0.29, 0.717) is 16.3 Å². The molecular formula is C25H21ClN2O2. The van der Waals surface area contributed by atoms with Crippen molar-refractivity contribution in [2.24, 2.45) is 0 Å². The first-order chi connectivity index (χ1) is 14.4. The molecule has 5 heteroatoms. The van der Waals surface area contributed by atoms with E-state index in [1.54, 1.807) is 31.4 Å². The Morgan fingerprint density at radius 1 is 1.00 bits per heavy atom. The van der Waals surface area contributed by atoms with Gasteiger partial charge in [0.1, 0.15) is 5.75 Å². The monoisotopic (exact) mass is 416 g/mol. The zero-order valence-corrected chi connectivity index (χ0v) is 17.7. The minimum atomic E-state index is -0.195. The molecule has 0 aliphatic heterocycles. The summed E-state index contributed by atoms with van der Waals surface area (Å²) in [5.74, 6) is 0.543. The topological polar surface area (TPSA) is 51.2 Å². The smallest absolute Gasteiger partial charge is 0.256 e. The fourth-order valence-corrected chi connectivity index (χ4v) is 3.66. The molecule has 30 heavy (non-hydrogen) atoms. The number of ether oxygens (including phenoxy) is 1. The molecule has 0 aliphatic rings. The summed E-state index contributed by atoms with van der Waals surface area (Å²) in [4.78, 5) is 18.1. The summed E-state index contributed by atoms with van der Waals surface area (Å²) in [6.07, 6.45) is 0. The molecule has 150 valence electrons. The van der Waals surface area contributed by atoms with Crippen molar-refractivity contribution in [2.75, 3.05) is 12.4 Å². The van der Waals surface area contributed by atoms with Crippen LogP contribution in [0.1, 0.15) is 21.5 Å². The van der Waals surface area contributed by atoms with Gasteiger partial charge in [-0.05, 0) is 67.9 Å². The minimum Gasteiger partial charge on any atom is -0.497 e. The van der Waals surface area contributed by atoms with Gasteiger partial charge in [-0.2, -0.15) is 0 Å². The Hall–Kier alpha value is -3.37. The van der Waals surface area contributed by atoms with Gasteiger partial charge in [-0.25, -0.2) is 4.98 Å². The third-order valence-electron chi connectivity index (χ3n) is 4.96. The van der Waals surface area contributed by atoms with Crippen molar-refractivity contribution in [3.63, 3.8) is 0 Å². The van der Waals surface area contributed by atoms with Crippen molar-refractivity contribution in [1.82, 2.24) is 4.98 Å². The summed E-state index contributed by atoms with van der Waals surface area (Å²) >= 11 is 5.96. The third kappa shape index (κ3) is 4.00. The van der Waals surface area contributed by atoms with Crippen molar-refractivity contribution in [3.8, 4) is 17.0 Å². The number of anilines is 1. The van der Waals surface area contributed by atoms with Crippen LogP contribution in [0.4, 0.5) is 5.69 Å². The zero-order valence-electron chi connectivity index (χ0n) is 17.0. The Morgan fingerprint density at radius 3 is 2.50 bits per heavy atom. The van der Waals surface area contributed by atoms with E-state index in [1.165, 1.54) is 0 Å². The van der Waals surface area contributed by atoms with Crippen LogP contribution in [0.5, 0.6) is 5.75 Å². The second-order valence-corrected chi connectivity index (χ2v) is 7.66. The highest BCUT2D eigenvalue weighted by Gasteiger charge is 2.16. The Labute approximate surface area is 180 Å². The highest BCUT2D eigenvalue weighted by atomic mass is 35.5. The molecular weight excluding hydrogens is 396 g/mol. The number of halogens is 1. The highest BCUT2D eigenvalue weighted by molar-refractivity contribution is 6.30. The number of carbonyl (C=O) groups excluding carboxylic acids is 1. The lowest BCUT2D eigenvalue weighted by molar-refractivity contribution is 0.102. The molecule has 0 aliphatic carbocycles. The number of benzene rings is 3. The van der Waals surface area contributed by atoms with E-state index >= 15 is 0 Å². The number of fused-ring (bicyclic) bond motifs is 1. The maximum Gasteiger partial charge on any atom is 0.256 e. The maximum absolute atomic E-state index is 13.2. The standard InChI is InChI=1S/C25H21ClN2O2/c1-15-11-16(2)24-21(12-15)22(25(29)27-19-9-7-18(26)8-10-19)14-23(28-24)17-5-4-6-20(13-17)30-3/h4-14H,1-3H3,(H,27,29). The number of carbonyl (C=O) groups is 1. The van der Waals surface area contributed by atoms with Crippen LogP contribution in [-0.4, -0.2) is 18.0 Å². The van der Waals surface area contributed by atoms with Crippen molar-refractivity contribution < 1.29 is 9.53 Å². The molecule has 0 unspecified atom stereocenters. The third-order valence-corrected chi connectivity index (χ3v) is 5.21. The van der Waals surface area contributed by atoms with Gasteiger partial charge >= 0.3 is 0 Å². The number of nitrogens with one attached hydrogen (secondary N) is 1. The lowest BCUT2D eigenvalue weighted by atomic mass is 9.99. The fourth-order valence-electron chi connectivity index (χ4n) is 3.53. The maximum atomic E-state index is 13.2. The Balaban J connectivity index is 1.87. The van der Waals surface area contributed by atoms with Gasteiger partial charge in [0.05, 0.1) is 23.9 Å². The molecule has 1 amide bonds. The molecule has 3 aromatic carbocycles. The van der Waals surface area contributed by atoms with Crippen LogP contribution in [0, 0.1) is 13.8 Å². The molecule has 0 saturated carbocycles. The molecule has 0 atom stereocenters. The van der Waals surface area contributed by atoms with Crippen molar-refractivity contribution >= 4 is 34.1 Å². The van der Waals surface area contributed by atoms with Crippen molar-refractivity contribution in [3.05, 3.63) is 88.4 Å². The van der Waals surface area contributed by atoms with E-state index < -0.39 is 0 Å². The minimum absolute atomic E-state index is 0.195. The van der Waals surface area contributed by atoms with Crippen molar-refractivity contribution in [2.45, 2.75) is 13.8 Å². The number of rotatable bonds is 4. The van der Waals surface area contributed by atoms with Crippen LogP contribution in [0.2, 0.25) is 5.02 Å². The second-order valence-electron chi connectivity index (χ2n) is 7.23. The average molecular weight is 417 g/mol. The van der Waals surface area contributed by atoms with E-state index in [2.05, 4.69) is 11.4 Å². The van der Waals surface area contributed by atoms with Gasteiger partial charge in [0.25, 0.3) is 5.91 Å². The van der Waals surface area contributed by atoms with Crippen LogP contribution in [0.3, 0.4) is 0 Å². The average Bonchev–Trinajstić information content (AvgIpc) is 2.74. The van der Waals surface area contributed by atoms with Crippen LogP contribution in [0.25, 0.3) is 22.2 Å². The Kier molecular flexibility index (Phi) is 5.42. The van der Waals surface area contributed by atoms with E-state index in [-0.39, 0.29) is 5.91 Å². The van der Waals surface area contributed by atoms with Crippen molar-refractivity contribution in [1.29, 1.82) is 0 Å². The quantitative estimate of drug-likeness (QED) is 0.417. The van der Waals surface area contributed by atoms with Gasteiger partial charge in [0.15, 0.2) is 0 Å². The predicted octanol–water partition coefficient (Wildman–Crippen LogP) is 6.43. The van der Waals surface area contributed by atoms with Gasteiger partial charge in [-0.15, -0.1) is 0 Å². The summed E-state index contributed by atoms with van der Waals surface area (Å²) in [7, 11) is 1.63. The lowest BCUT2D eigenvalue weighted by Crippen LogP contribution is -2.13. The first-order valence-corrected chi connectivity index (χ1v) is 9.96. The number of amides is 1.